The van der Waals surface area contributed by atoms with Gasteiger partial charge in [0.1, 0.15) is 6.04 Å². The summed E-state index contributed by atoms with van der Waals surface area (Å²) in [5.41, 5.74) is 0. The van der Waals surface area contributed by atoms with Gasteiger partial charge in [0, 0.05) is 6.54 Å². The molecular formula is C8H14N2O6S. The van der Waals surface area contributed by atoms with Gasteiger partial charge in [0.25, 0.3) is 0 Å². The van der Waals surface area contributed by atoms with Gasteiger partial charge in [-0.25, -0.2) is 9.52 Å². The van der Waals surface area contributed by atoms with E-state index in [1.807, 2.05) is 0 Å². The number of amides is 1. The third kappa shape index (κ3) is 2.86. The molecular weight excluding hydrogens is 252 g/mol. The molecule has 0 bridgehead atoms. The molecule has 8 nitrogen and oxygen atoms in total. The summed E-state index contributed by atoms with van der Waals surface area (Å²) in [6.45, 7) is 1.71. The topological polar surface area (TPSA) is 113 Å². The van der Waals surface area contributed by atoms with E-state index in [9.17, 15) is 18.0 Å². The molecule has 2 unspecified atom stereocenters. The van der Waals surface area contributed by atoms with E-state index < -0.39 is 28.3 Å². The van der Waals surface area contributed by atoms with Crippen molar-refractivity contribution in [2.45, 2.75) is 19.4 Å². The van der Waals surface area contributed by atoms with Crippen molar-refractivity contribution in [1.29, 1.82) is 0 Å². The molecule has 1 amide bonds. The normalized spacial score (nSPS) is 25.5. The summed E-state index contributed by atoms with van der Waals surface area (Å²) in [5.74, 6) is -1.54. The SMILES string of the molecule is COC(=O)NS(=O)(=O)N1CCC(C)C1C(=O)O. The van der Waals surface area contributed by atoms with Crippen molar-refractivity contribution < 1.29 is 27.9 Å². The number of carboxylic acid groups (broad SMARTS) is 1. The first-order valence-electron chi connectivity index (χ1n) is 4.90. The first-order valence-corrected chi connectivity index (χ1v) is 6.34. The summed E-state index contributed by atoms with van der Waals surface area (Å²) in [6.07, 6.45) is -0.715. The minimum absolute atomic E-state index is 0.0600. The first-order chi connectivity index (χ1) is 7.79. The molecule has 1 saturated heterocycles. The number of aliphatic carboxylic acids is 1. The predicted octanol–water partition coefficient (Wildman–Crippen LogP) is -0.618. The second-order valence-corrected chi connectivity index (χ2v) is 5.38. The third-order valence-electron chi connectivity index (χ3n) is 2.61. The van der Waals surface area contributed by atoms with Crippen LogP contribution in [0.4, 0.5) is 4.79 Å². The number of ether oxygens (including phenoxy) is 1. The van der Waals surface area contributed by atoms with Crippen LogP contribution in [-0.2, 0) is 19.7 Å². The molecule has 1 aliphatic rings. The molecule has 0 aromatic rings. The largest absolute Gasteiger partial charge is 0.480 e. The summed E-state index contributed by atoms with van der Waals surface area (Å²) in [6, 6.07) is -1.16. The monoisotopic (exact) mass is 266 g/mol. The molecule has 1 fully saturated rings. The van der Waals surface area contributed by atoms with Crippen molar-refractivity contribution in [2.24, 2.45) is 5.92 Å². The Hall–Kier alpha value is -1.35. The fourth-order valence-corrected chi connectivity index (χ4v) is 3.11. The van der Waals surface area contributed by atoms with Crippen LogP contribution in [0.2, 0.25) is 0 Å². The van der Waals surface area contributed by atoms with Crippen molar-refractivity contribution in [3.05, 3.63) is 0 Å². The Balaban J connectivity index is 2.91. The number of nitrogens with one attached hydrogen (secondary N) is 1. The number of hydrogen-bond acceptors (Lipinski definition) is 5. The van der Waals surface area contributed by atoms with Gasteiger partial charge in [0.15, 0.2) is 0 Å². The lowest BCUT2D eigenvalue weighted by Crippen LogP contribution is -2.49. The molecule has 1 aliphatic heterocycles. The van der Waals surface area contributed by atoms with Crippen LogP contribution in [0.3, 0.4) is 0 Å². The average Bonchev–Trinajstić information content (AvgIpc) is 2.60. The summed E-state index contributed by atoms with van der Waals surface area (Å²) >= 11 is 0. The zero-order valence-electron chi connectivity index (χ0n) is 9.41. The van der Waals surface area contributed by atoms with Crippen molar-refractivity contribution in [2.75, 3.05) is 13.7 Å². The lowest BCUT2D eigenvalue weighted by atomic mass is 10.0. The first kappa shape index (κ1) is 13.7. The van der Waals surface area contributed by atoms with Gasteiger partial charge in [-0.1, -0.05) is 6.92 Å². The summed E-state index contributed by atoms with van der Waals surface area (Å²) < 4.78 is 30.0. The van der Waals surface area contributed by atoms with E-state index in [4.69, 9.17) is 5.11 Å². The Kier molecular flexibility index (Phi) is 3.94. The van der Waals surface area contributed by atoms with E-state index in [-0.39, 0.29) is 12.5 Å². The molecule has 1 rings (SSSR count). The maximum Gasteiger partial charge on any atom is 0.421 e. The van der Waals surface area contributed by atoms with Crippen LogP contribution in [0.15, 0.2) is 0 Å². The smallest absolute Gasteiger partial charge is 0.421 e. The van der Waals surface area contributed by atoms with Crippen molar-refractivity contribution in [3.63, 3.8) is 0 Å². The number of carbonyl (C=O) groups is 2. The van der Waals surface area contributed by atoms with Crippen LogP contribution in [0.1, 0.15) is 13.3 Å². The zero-order valence-corrected chi connectivity index (χ0v) is 10.2. The van der Waals surface area contributed by atoms with Gasteiger partial charge in [-0.05, 0) is 12.3 Å². The second kappa shape index (κ2) is 4.88. The minimum Gasteiger partial charge on any atom is -0.480 e. The van der Waals surface area contributed by atoms with Crippen LogP contribution in [0.5, 0.6) is 0 Å². The van der Waals surface area contributed by atoms with Gasteiger partial charge in [-0.2, -0.15) is 12.7 Å². The van der Waals surface area contributed by atoms with Gasteiger partial charge in [-0.15, -0.1) is 0 Å². The van der Waals surface area contributed by atoms with Crippen molar-refractivity contribution >= 4 is 22.3 Å². The van der Waals surface area contributed by atoms with Crippen molar-refractivity contribution in [3.8, 4) is 0 Å². The Labute approximate surface area is 98.7 Å². The van der Waals surface area contributed by atoms with Crippen molar-refractivity contribution in [1.82, 2.24) is 9.03 Å². The molecule has 98 valence electrons. The molecule has 0 aromatic heterocycles. The van der Waals surface area contributed by atoms with E-state index in [2.05, 4.69) is 4.74 Å². The van der Waals surface area contributed by atoms with Crippen LogP contribution in [-0.4, -0.2) is 49.6 Å². The van der Waals surface area contributed by atoms with E-state index in [0.717, 1.165) is 11.4 Å². The molecule has 1 heterocycles. The van der Waals surface area contributed by atoms with Crippen LogP contribution in [0.25, 0.3) is 0 Å². The van der Waals surface area contributed by atoms with E-state index in [1.54, 1.807) is 11.6 Å². The fourth-order valence-electron chi connectivity index (χ4n) is 1.75. The Morgan fingerprint density at radius 2 is 2.06 bits per heavy atom. The van der Waals surface area contributed by atoms with Gasteiger partial charge in [-0.3, -0.25) is 4.79 Å². The summed E-state index contributed by atoms with van der Waals surface area (Å²) in [4.78, 5) is 21.8. The van der Waals surface area contributed by atoms with E-state index in [1.165, 1.54) is 0 Å². The molecule has 0 aromatic carbocycles. The third-order valence-corrected chi connectivity index (χ3v) is 4.07. The highest BCUT2D eigenvalue weighted by Gasteiger charge is 2.44. The standard InChI is InChI=1S/C8H14N2O6S/c1-5-3-4-10(6(5)7(11)12)17(14,15)9-8(13)16-2/h5-6H,3-4H2,1-2H3,(H,9,13)(H,11,12). The van der Waals surface area contributed by atoms with E-state index in [0.29, 0.717) is 6.42 Å². The Bertz CT molecular complexity index is 420. The fraction of sp³-hybridized carbons (Fsp3) is 0.750. The second-order valence-electron chi connectivity index (χ2n) is 3.76. The lowest BCUT2D eigenvalue weighted by molar-refractivity contribution is -0.141. The number of methoxy groups -OCH3 is 1. The molecule has 9 heteroatoms. The number of carboxylic acids is 1. The maximum absolute atomic E-state index is 11.7. The number of carbonyl (C=O) groups excluding carboxylic acids is 1. The maximum atomic E-state index is 11.7. The van der Waals surface area contributed by atoms with Gasteiger partial charge in [0.05, 0.1) is 7.11 Å². The number of rotatable bonds is 3. The lowest BCUT2D eigenvalue weighted by Gasteiger charge is -2.22. The number of nitrogens with zero attached hydrogens (tertiary/aromatic N) is 1. The highest BCUT2D eigenvalue weighted by atomic mass is 32.2. The van der Waals surface area contributed by atoms with Gasteiger partial charge >= 0.3 is 22.3 Å². The number of hydrogen-bond donors (Lipinski definition) is 2. The minimum atomic E-state index is -4.17. The zero-order chi connectivity index (χ0) is 13.2. The molecule has 0 spiro atoms. The van der Waals surface area contributed by atoms with Gasteiger partial charge in [0.2, 0.25) is 0 Å². The molecule has 2 N–H and O–H groups in total. The molecule has 17 heavy (non-hydrogen) atoms. The molecule has 0 aliphatic carbocycles. The highest BCUT2D eigenvalue weighted by Crippen LogP contribution is 2.26. The van der Waals surface area contributed by atoms with E-state index >= 15 is 0 Å². The quantitative estimate of drug-likeness (QED) is 0.704. The summed E-state index contributed by atoms with van der Waals surface area (Å²) in [7, 11) is -3.15. The Morgan fingerprint density at radius 3 is 2.53 bits per heavy atom. The average molecular weight is 266 g/mol. The van der Waals surface area contributed by atoms with Crippen LogP contribution >= 0.6 is 0 Å². The predicted molar refractivity (Wildman–Crippen MR) is 56.4 cm³/mol. The highest BCUT2D eigenvalue weighted by molar-refractivity contribution is 7.87. The van der Waals surface area contributed by atoms with Gasteiger partial charge < -0.3 is 9.84 Å². The molecule has 0 radical (unpaired) electrons. The molecule has 0 saturated carbocycles. The Morgan fingerprint density at radius 1 is 1.47 bits per heavy atom. The molecule has 2 atom stereocenters. The van der Waals surface area contributed by atoms with Crippen LogP contribution in [0, 0.1) is 5.92 Å². The summed E-state index contributed by atoms with van der Waals surface area (Å²) in [5, 5.41) is 8.96. The van der Waals surface area contributed by atoms with Crippen LogP contribution < -0.4 is 4.72 Å².